The van der Waals surface area contributed by atoms with Crippen LogP contribution in [0.15, 0.2) is 24.3 Å². The lowest BCUT2D eigenvalue weighted by atomic mass is 10.1. The van der Waals surface area contributed by atoms with E-state index in [1.807, 2.05) is 24.3 Å². The molecule has 2 rings (SSSR count). The van der Waals surface area contributed by atoms with Crippen molar-refractivity contribution in [1.82, 2.24) is 5.32 Å². The number of hydrogen-bond acceptors (Lipinski definition) is 3. The van der Waals surface area contributed by atoms with Crippen molar-refractivity contribution < 1.29 is 4.79 Å². The van der Waals surface area contributed by atoms with Crippen LogP contribution in [0.4, 0.5) is 5.69 Å². The van der Waals surface area contributed by atoms with Gasteiger partial charge in [0.25, 0.3) is 0 Å². The normalized spacial score (nSPS) is 19.3. The summed E-state index contributed by atoms with van der Waals surface area (Å²) < 4.78 is 0. The molecule has 1 fully saturated rings. The average Bonchev–Trinajstić information content (AvgIpc) is 2.82. The number of likely N-dealkylation sites (N-methyl/N-ethyl adjacent to an activating group) is 1. The molecule has 3 nitrogen and oxygen atoms in total. The summed E-state index contributed by atoms with van der Waals surface area (Å²) in [7, 11) is 2.10. The minimum atomic E-state index is 0.122. The van der Waals surface area contributed by atoms with Crippen molar-refractivity contribution in [3.05, 3.63) is 29.8 Å². The van der Waals surface area contributed by atoms with Crippen molar-refractivity contribution in [3.63, 3.8) is 0 Å². The van der Waals surface area contributed by atoms with Crippen molar-refractivity contribution in [2.75, 3.05) is 25.0 Å². The third-order valence-corrected chi connectivity index (χ3v) is 3.37. The van der Waals surface area contributed by atoms with Crippen LogP contribution in [-0.4, -0.2) is 32.0 Å². The molecule has 0 bridgehead atoms. The van der Waals surface area contributed by atoms with Crippen LogP contribution in [0.2, 0.25) is 0 Å². The van der Waals surface area contributed by atoms with Gasteiger partial charge in [0.2, 0.25) is 0 Å². The zero-order valence-electron chi connectivity index (χ0n) is 10.6. The third-order valence-electron chi connectivity index (χ3n) is 3.37. The van der Waals surface area contributed by atoms with Gasteiger partial charge in [0.15, 0.2) is 5.78 Å². The van der Waals surface area contributed by atoms with E-state index in [2.05, 4.69) is 17.3 Å². The zero-order valence-corrected chi connectivity index (χ0v) is 10.6. The quantitative estimate of drug-likeness (QED) is 0.807. The molecule has 1 N–H and O–H groups in total. The molecule has 0 aliphatic carbocycles. The number of nitrogens with one attached hydrogen (secondary N) is 1. The van der Waals surface area contributed by atoms with Gasteiger partial charge in [0, 0.05) is 30.9 Å². The minimum absolute atomic E-state index is 0.122. The molecule has 1 unspecified atom stereocenters. The molecular formula is C14H20N2O. The third kappa shape index (κ3) is 3.07. The standard InChI is InChI=1S/C14H20N2O/c1-11(17)12-5-7-14(8-6-12)16(2)10-13-4-3-9-15-13/h5-8,13,15H,3-4,9-10H2,1-2H3. The fourth-order valence-corrected chi connectivity index (χ4v) is 2.30. The summed E-state index contributed by atoms with van der Waals surface area (Å²) in [6, 6.07) is 8.44. The van der Waals surface area contributed by atoms with Gasteiger partial charge in [-0.3, -0.25) is 4.79 Å². The Hall–Kier alpha value is -1.35. The van der Waals surface area contributed by atoms with Crippen LogP contribution in [0.25, 0.3) is 0 Å². The second-order valence-electron chi connectivity index (χ2n) is 4.78. The highest BCUT2D eigenvalue weighted by atomic mass is 16.1. The van der Waals surface area contributed by atoms with Crippen molar-refractivity contribution in [1.29, 1.82) is 0 Å². The number of Topliss-reactive ketones (excluding diaryl/α,β-unsaturated/α-hetero) is 1. The fourth-order valence-electron chi connectivity index (χ4n) is 2.30. The summed E-state index contributed by atoms with van der Waals surface area (Å²) in [5, 5.41) is 3.49. The number of carbonyl (C=O) groups is 1. The summed E-state index contributed by atoms with van der Waals surface area (Å²) in [5.41, 5.74) is 1.95. The number of benzene rings is 1. The summed E-state index contributed by atoms with van der Waals surface area (Å²) in [6.45, 7) is 3.77. The molecule has 92 valence electrons. The molecule has 1 aromatic carbocycles. The van der Waals surface area contributed by atoms with Gasteiger partial charge in [-0.2, -0.15) is 0 Å². The summed E-state index contributed by atoms with van der Waals surface area (Å²) in [5.74, 6) is 0.122. The monoisotopic (exact) mass is 232 g/mol. The first-order chi connectivity index (χ1) is 8.16. The number of nitrogens with zero attached hydrogens (tertiary/aromatic N) is 1. The largest absolute Gasteiger partial charge is 0.373 e. The van der Waals surface area contributed by atoms with Crippen molar-refractivity contribution >= 4 is 11.5 Å². The predicted molar refractivity (Wildman–Crippen MR) is 70.7 cm³/mol. The molecule has 0 spiro atoms. The van der Waals surface area contributed by atoms with E-state index in [1.54, 1.807) is 6.92 Å². The van der Waals surface area contributed by atoms with Crippen molar-refractivity contribution in [3.8, 4) is 0 Å². The fraction of sp³-hybridized carbons (Fsp3) is 0.500. The Morgan fingerprint density at radius 2 is 2.12 bits per heavy atom. The SMILES string of the molecule is CC(=O)c1ccc(N(C)CC2CCCN2)cc1. The number of anilines is 1. The van der Waals surface area contributed by atoms with Gasteiger partial charge >= 0.3 is 0 Å². The Kier molecular flexibility index (Phi) is 3.79. The number of hydrogen-bond donors (Lipinski definition) is 1. The van der Waals surface area contributed by atoms with Gasteiger partial charge in [0.1, 0.15) is 0 Å². The predicted octanol–water partition coefficient (Wildman–Crippen LogP) is 2.08. The van der Waals surface area contributed by atoms with Crippen LogP contribution in [0, 0.1) is 0 Å². The van der Waals surface area contributed by atoms with Gasteiger partial charge in [-0.05, 0) is 50.6 Å². The Bertz CT molecular complexity index is 380. The molecule has 1 aromatic rings. The lowest BCUT2D eigenvalue weighted by Crippen LogP contribution is -2.35. The second kappa shape index (κ2) is 5.32. The van der Waals surface area contributed by atoms with Gasteiger partial charge in [-0.25, -0.2) is 0 Å². The molecule has 0 amide bonds. The van der Waals surface area contributed by atoms with E-state index in [1.165, 1.54) is 18.5 Å². The van der Waals surface area contributed by atoms with E-state index >= 15 is 0 Å². The Morgan fingerprint density at radius 1 is 1.41 bits per heavy atom. The number of rotatable bonds is 4. The first-order valence-corrected chi connectivity index (χ1v) is 6.22. The van der Waals surface area contributed by atoms with Crippen molar-refractivity contribution in [2.24, 2.45) is 0 Å². The van der Waals surface area contributed by atoms with Crippen LogP contribution >= 0.6 is 0 Å². The molecule has 0 aromatic heterocycles. The summed E-state index contributed by atoms with van der Waals surface area (Å²) in [6.07, 6.45) is 2.54. The molecule has 0 radical (unpaired) electrons. The smallest absolute Gasteiger partial charge is 0.159 e. The molecular weight excluding hydrogens is 212 g/mol. The van der Waals surface area contributed by atoms with Crippen LogP contribution in [-0.2, 0) is 0 Å². The van der Waals surface area contributed by atoms with Crippen molar-refractivity contribution in [2.45, 2.75) is 25.8 Å². The first-order valence-electron chi connectivity index (χ1n) is 6.22. The molecule has 3 heteroatoms. The average molecular weight is 232 g/mol. The molecule has 1 aliphatic heterocycles. The molecule has 17 heavy (non-hydrogen) atoms. The van der Waals surface area contributed by atoms with E-state index in [4.69, 9.17) is 0 Å². The second-order valence-corrected chi connectivity index (χ2v) is 4.78. The Balaban J connectivity index is 1.98. The molecule has 1 saturated heterocycles. The first kappa shape index (κ1) is 12.1. The highest BCUT2D eigenvalue weighted by Crippen LogP contribution is 2.16. The summed E-state index contributed by atoms with van der Waals surface area (Å²) >= 11 is 0. The topological polar surface area (TPSA) is 32.3 Å². The highest BCUT2D eigenvalue weighted by molar-refractivity contribution is 5.94. The zero-order chi connectivity index (χ0) is 12.3. The van der Waals surface area contributed by atoms with Crippen LogP contribution in [0.1, 0.15) is 30.1 Å². The number of carbonyl (C=O) groups excluding carboxylic acids is 1. The minimum Gasteiger partial charge on any atom is -0.373 e. The Labute approximate surface area is 103 Å². The maximum atomic E-state index is 11.2. The van der Waals surface area contributed by atoms with Gasteiger partial charge in [-0.15, -0.1) is 0 Å². The maximum Gasteiger partial charge on any atom is 0.159 e. The number of ketones is 1. The summed E-state index contributed by atoms with van der Waals surface area (Å²) in [4.78, 5) is 13.4. The van der Waals surface area contributed by atoms with E-state index in [0.717, 1.165) is 18.7 Å². The van der Waals surface area contributed by atoms with Gasteiger partial charge in [-0.1, -0.05) is 0 Å². The van der Waals surface area contributed by atoms with Crippen LogP contribution < -0.4 is 10.2 Å². The maximum absolute atomic E-state index is 11.2. The molecule has 0 saturated carbocycles. The highest BCUT2D eigenvalue weighted by Gasteiger charge is 2.16. The molecule has 1 heterocycles. The van der Waals surface area contributed by atoms with E-state index in [9.17, 15) is 4.79 Å². The molecule has 1 atom stereocenters. The Morgan fingerprint density at radius 3 is 2.65 bits per heavy atom. The van der Waals surface area contributed by atoms with Crippen LogP contribution in [0.5, 0.6) is 0 Å². The lowest BCUT2D eigenvalue weighted by Gasteiger charge is -2.23. The van der Waals surface area contributed by atoms with Gasteiger partial charge < -0.3 is 10.2 Å². The van der Waals surface area contributed by atoms with E-state index in [0.29, 0.717) is 6.04 Å². The van der Waals surface area contributed by atoms with E-state index in [-0.39, 0.29) is 5.78 Å². The lowest BCUT2D eigenvalue weighted by molar-refractivity contribution is 0.101. The van der Waals surface area contributed by atoms with E-state index < -0.39 is 0 Å². The molecule has 1 aliphatic rings. The van der Waals surface area contributed by atoms with Crippen LogP contribution in [0.3, 0.4) is 0 Å². The van der Waals surface area contributed by atoms with Gasteiger partial charge in [0.05, 0.1) is 0 Å².